The van der Waals surface area contributed by atoms with E-state index in [9.17, 15) is 14.4 Å². The summed E-state index contributed by atoms with van der Waals surface area (Å²) in [5.41, 5.74) is 0.871. The molecule has 8 nitrogen and oxygen atoms in total. The monoisotopic (exact) mass is 274 g/mol. The van der Waals surface area contributed by atoms with Gasteiger partial charge in [-0.05, 0) is 6.92 Å². The van der Waals surface area contributed by atoms with Crippen LogP contribution in [0.3, 0.4) is 0 Å². The summed E-state index contributed by atoms with van der Waals surface area (Å²) in [6.45, 7) is 5.31. The van der Waals surface area contributed by atoms with E-state index in [1.165, 1.54) is 0 Å². The van der Waals surface area contributed by atoms with Crippen LogP contribution in [0.25, 0.3) is 0 Å². The van der Waals surface area contributed by atoms with Crippen LogP contribution in [0, 0.1) is 0 Å². The minimum Gasteiger partial charge on any atom is -0.480 e. The molecule has 0 rings (SSSR count). The molecule has 0 fully saturated rings. The number of ether oxygens (including phenoxy) is 2. The number of hydrogen-bond acceptors (Lipinski definition) is 5. The van der Waals surface area contributed by atoms with E-state index in [-0.39, 0.29) is 6.54 Å². The van der Waals surface area contributed by atoms with Gasteiger partial charge >= 0.3 is 12.0 Å². The van der Waals surface area contributed by atoms with Crippen molar-refractivity contribution in [2.75, 3.05) is 33.0 Å². The summed E-state index contributed by atoms with van der Waals surface area (Å²) >= 11 is 0. The van der Waals surface area contributed by atoms with Gasteiger partial charge in [-0.1, -0.05) is 12.2 Å². The largest absolute Gasteiger partial charge is 0.480 e. The van der Waals surface area contributed by atoms with Crippen LogP contribution < -0.4 is 10.6 Å². The molecule has 19 heavy (non-hydrogen) atoms. The molecule has 0 heterocycles. The second-order valence-corrected chi connectivity index (χ2v) is 3.70. The molecule has 0 aliphatic carbocycles. The number of carbonyl (C=O) groups excluding carboxylic acids is 2. The molecule has 0 atom stereocenters. The molecule has 8 heteroatoms. The normalized spacial score (nSPS) is 9.74. The molecule has 0 spiro atoms. The maximum Gasteiger partial charge on any atom is 0.329 e. The number of carboxylic acids is 1. The minimum absolute atomic E-state index is 0.238. The molecule has 0 aromatic carbocycles. The molecule has 0 aliphatic heterocycles. The summed E-state index contributed by atoms with van der Waals surface area (Å²) in [5, 5.41) is 12.6. The molecular formula is C11H18N2O6. The van der Waals surface area contributed by atoms with Gasteiger partial charge in [0.25, 0.3) is 5.91 Å². The number of amides is 3. The van der Waals surface area contributed by atoms with Crippen molar-refractivity contribution in [1.29, 1.82) is 0 Å². The highest BCUT2D eigenvalue weighted by atomic mass is 16.5. The van der Waals surface area contributed by atoms with Gasteiger partial charge in [0.1, 0.15) is 13.2 Å². The van der Waals surface area contributed by atoms with Gasteiger partial charge in [-0.25, -0.2) is 9.59 Å². The molecular weight excluding hydrogens is 256 g/mol. The molecule has 0 aromatic heterocycles. The average Bonchev–Trinajstić information content (AvgIpc) is 2.27. The first-order valence-electron chi connectivity index (χ1n) is 5.51. The van der Waals surface area contributed by atoms with Gasteiger partial charge in [-0.15, -0.1) is 0 Å². The van der Waals surface area contributed by atoms with E-state index in [4.69, 9.17) is 9.84 Å². The topological polar surface area (TPSA) is 114 Å². The van der Waals surface area contributed by atoms with Crippen molar-refractivity contribution in [3.8, 4) is 0 Å². The Balaban J connectivity index is 3.54. The van der Waals surface area contributed by atoms with E-state index < -0.39 is 31.1 Å². The van der Waals surface area contributed by atoms with Crippen molar-refractivity contribution in [3.05, 3.63) is 12.2 Å². The fraction of sp³-hybridized carbons (Fsp3) is 0.545. The van der Waals surface area contributed by atoms with Gasteiger partial charge in [-0.3, -0.25) is 10.1 Å². The van der Waals surface area contributed by atoms with Crippen molar-refractivity contribution in [3.63, 3.8) is 0 Å². The maximum absolute atomic E-state index is 11.2. The van der Waals surface area contributed by atoms with Crippen molar-refractivity contribution >= 4 is 17.9 Å². The fourth-order valence-electron chi connectivity index (χ4n) is 0.921. The number of carbonyl (C=O) groups is 3. The molecule has 3 amide bonds. The Labute approximate surface area is 110 Å². The van der Waals surface area contributed by atoms with Gasteiger partial charge in [0.2, 0.25) is 0 Å². The molecule has 0 aliphatic rings. The van der Waals surface area contributed by atoms with E-state index in [1.807, 2.05) is 12.2 Å². The molecule has 108 valence electrons. The van der Waals surface area contributed by atoms with Crippen LogP contribution in [-0.2, 0) is 19.1 Å². The number of imide groups is 1. The number of hydrogen-bond donors (Lipinski definition) is 3. The van der Waals surface area contributed by atoms with Crippen LogP contribution in [0.2, 0.25) is 0 Å². The second-order valence-electron chi connectivity index (χ2n) is 3.70. The Morgan fingerprint density at radius 1 is 1.16 bits per heavy atom. The van der Waals surface area contributed by atoms with E-state index in [0.717, 1.165) is 5.57 Å². The predicted octanol–water partition coefficient (Wildman–Crippen LogP) is -0.494. The van der Waals surface area contributed by atoms with Crippen LogP contribution in [-0.4, -0.2) is 56.0 Å². The van der Waals surface area contributed by atoms with Crippen LogP contribution >= 0.6 is 0 Å². The first-order valence-corrected chi connectivity index (χ1v) is 5.51. The van der Waals surface area contributed by atoms with Gasteiger partial charge < -0.3 is 19.9 Å². The van der Waals surface area contributed by atoms with E-state index >= 15 is 0 Å². The summed E-state index contributed by atoms with van der Waals surface area (Å²) in [4.78, 5) is 32.3. The number of nitrogens with one attached hydrogen (secondary N) is 2. The molecule has 0 unspecified atom stereocenters. The summed E-state index contributed by atoms with van der Waals surface area (Å²) in [5.74, 6) is -1.91. The summed E-state index contributed by atoms with van der Waals surface area (Å²) in [7, 11) is 0. The molecule has 0 saturated carbocycles. The lowest BCUT2D eigenvalue weighted by Gasteiger charge is -2.07. The van der Waals surface area contributed by atoms with Crippen LogP contribution in [0.15, 0.2) is 12.2 Å². The van der Waals surface area contributed by atoms with Crippen LogP contribution in [0.5, 0.6) is 0 Å². The zero-order valence-electron chi connectivity index (χ0n) is 10.7. The molecule has 3 N–H and O–H groups in total. The Hall–Kier alpha value is -1.93. The standard InChI is InChI=1S/C11H18N2O6/c1-8(2)5-18-4-3-12-11(17)13-9(14)6-19-7-10(15)16/h1,3-7H2,2H3,(H,15,16)(H2,12,13,14,17). The fourth-order valence-corrected chi connectivity index (χ4v) is 0.921. The third-order valence-corrected chi connectivity index (χ3v) is 1.59. The van der Waals surface area contributed by atoms with Gasteiger partial charge in [0, 0.05) is 6.54 Å². The van der Waals surface area contributed by atoms with Crippen LogP contribution in [0.1, 0.15) is 6.92 Å². The van der Waals surface area contributed by atoms with Crippen molar-refractivity contribution in [1.82, 2.24) is 10.6 Å². The number of carboxylic acid groups (broad SMARTS) is 1. The highest BCUT2D eigenvalue weighted by molar-refractivity contribution is 5.94. The average molecular weight is 274 g/mol. The Kier molecular flexibility index (Phi) is 9.02. The lowest BCUT2D eigenvalue weighted by Crippen LogP contribution is -2.42. The van der Waals surface area contributed by atoms with Gasteiger partial charge in [0.05, 0.1) is 13.2 Å². The zero-order valence-corrected chi connectivity index (χ0v) is 10.7. The lowest BCUT2D eigenvalue weighted by atomic mass is 10.4. The predicted molar refractivity (Wildman–Crippen MR) is 65.6 cm³/mol. The third-order valence-electron chi connectivity index (χ3n) is 1.59. The van der Waals surface area contributed by atoms with Crippen molar-refractivity contribution in [2.45, 2.75) is 6.92 Å². The van der Waals surface area contributed by atoms with E-state index in [2.05, 4.69) is 16.6 Å². The Bertz CT molecular complexity index is 342. The first-order chi connectivity index (χ1) is 8.91. The zero-order chi connectivity index (χ0) is 14.7. The Morgan fingerprint density at radius 2 is 1.84 bits per heavy atom. The van der Waals surface area contributed by atoms with Gasteiger partial charge in [-0.2, -0.15) is 0 Å². The van der Waals surface area contributed by atoms with Crippen LogP contribution in [0.4, 0.5) is 4.79 Å². The SMILES string of the molecule is C=C(C)COCCNC(=O)NC(=O)COCC(=O)O. The number of urea groups is 1. The van der Waals surface area contributed by atoms with E-state index in [0.29, 0.717) is 13.2 Å². The lowest BCUT2D eigenvalue weighted by molar-refractivity contribution is -0.143. The summed E-state index contributed by atoms with van der Waals surface area (Å²) < 4.78 is 9.63. The Morgan fingerprint density at radius 3 is 2.42 bits per heavy atom. The first kappa shape index (κ1) is 17.1. The highest BCUT2D eigenvalue weighted by Crippen LogP contribution is 1.86. The van der Waals surface area contributed by atoms with Crippen molar-refractivity contribution in [2.24, 2.45) is 0 Å². The maximum atomic E-state index is 11.2. The quantitative estimate of drug-likeness (QED) is 0.386. The number of aliphatic carboxylic acids is 1. The highest BCUT2D eigenvalue weighted by Gasteiger charge is 2.07. The molecule has 0 saturated heterocycles. The number of rotatable bonds is 9. The van der Waals surface area contributed by atoms with Crippen molar-refractivity contribution < 1.29 is 29.0 Å². The van der Waals surface area contributed by atoms with E-state index in [1.54, 1.807) is 0 Å². The molecule has 0 aromatic rings. The summed E-state index contributed by atoms with van der Waals surface area (Å²) in [6.07, 6.45) is 0. The third kappa shape index (κ3) is 12.3. The molecule has 0 radical (unpaired) electrons. The smallest absolute Gasteiger partial charge is 0.329 e. The summed E-state index contributed by atoms with van der Waals surface area (Å²) in [6, 6.07) is -0.692. The molecule has 0 bridgehead atoms. The van der Waals surface area contributed by atoms with Gasteiger partial charge in [0.15, 0.2) is 0 Å². The second kappa shape index (κ2) is 10.0. The minimum atomic E-state index is -1.19.